The minimum atomic E-state index is -0.266. The second kappa shape index (κ2) is 9.06. The quantitative estimate of drug-likeness (QED) is 0.753. The highest BCUT2D eigenvalue weighted by molar-refractivity contribution is 7.98. The lowest BCUT2D eigenvalue weighted by Crippen LogP contribution is -2.53. The minimum absolute atomic E-state index is 0. The van der Waals surface area contributed by atoms with E-state index in [4.69, 9.17) is 5.73 Å². The van der Waals surface area contributed by atoms with Crippen LogP contribution in [0.5, 0.6) is 0 Å². The van der Waals surface area contributed by atoms with Gasteiger partial charge in [0.25, 0.3) is 0 Å². The monoisotopic (exact) mass is 282 g/mol. The number of nitrogens with one attached hydrogen (secondary N) is 1. The van der Waals surface area contributed by atoms with Gasteiger partial charge in [0, 0.05) is 23.8 Å². The van der Waals surface area contributed by atoms with Crippen LogP contribution in [0.1, 0.15) is 34.1 Å². The molecule has 0 aliphatic carbocycles. The largest absolute Gasteiger partial charge is 0.349 e. The molecule has 3 nitrogen and oxygen atoms in total. The first-order valence-electron chi connectivity index (χ1n) is 5.85. The first-order valence-corrected chi connectivity index (χ1v) is 7.25. The molecule has 1 amide bonds. The SMILES string of the molecule is CSCC(C)C(=O)NC(C)(CN)CC(C)C.Cl. The summed E-state index contributed by atoms with van der Waals surface area (Å²) in [4.78, 5) is 11.9. The Kier molecular flexibility index (Phi) is 10.3. The number of nitrogens with two attached hydrogens (primary N) is 1. The summed E-state index contributed by atoms with van der Waals surface area (Å²) in [6, 6.07) is 0. The van der Waals surface area contributed by atoms with E-state index in [1.54, 1.807) is 11.8 Å². The second-order valence-electron chi connectivity index (χ2n) is 5.21. The normalized spacial score (nSPS) is 15.9. The average Bonchev–Trinajstić information content (AvgIpc) is 2.16. The van der Waals surface area contributed by atoms with Crippen LogP contribution < -0.4 is 11.1 Å². The van der Waals surface area contributed by atoms with E-state index in [2.05, 4.69) is 19.2 Å². The molecule has 0 aromatic rings. The van der Waals surface area contributed by atoms with Crippen LogP contribution in [0.4, 0.5) is 0 Å². The molecule has 0 radical (unpaired) electrons. The van der Waals surface area contributed by atoms with Gasteiger partial charge in [-0.2, -0.15) is 11.8 Å². The van der Waals surface area contributed by atoms with E-state index in [0.29, 0.717) is 12.5 Å². The van der Waals surface area contributed by atoms with Crippen LogP contribution in [-0.4, -0.2) is 30.0 Å². The van der Waals surface area contributed by atoms with Gasteiger partial charge >= 0.3 is 0 Å². The zero-order chi connectivity index (χ0) is 12.8. The molecule has 0 saturated carbocycles. The third-order valence-electron chi connectivity index (χ3n) is 2.60. The maximum atomic E-state index is 11.9. The Bertz CT molecular complexity index is 227. The van der Waals surface area contributed by atoms with Crippen molar-refractivity contribution in [3.8, 4) is 0 Å². The molecule has 17 heavy (non-hydrogen) atoms. The lowest BCUT2D eigenvalue weighted by molar-refractivity contribution is -0.125. The third kappa shape index (κ3) is 7.90. The molecular weight excluding hydrogens is 256 g/mol. The Morgan fingerprint density at radius 3 is 2.29 bits per heavy atom. The van der Waals surface area contributed by atoms with Gasteiger partial charge in [-0.15, -0.1) is 12.4 Å². The van der Waals surface area contributed by atoms with Gasteiger partial charge < -0.3 is 11.1 Å². The topological polar surface area (TPSA) is 55.1 Å². The van der Waals surface area contributed by atoms with Crippen molar-refractivity contribution in [2.45, 2.75) is 39.7 Å². The standard InChI is InChI=1S/C12H26N2OS.ClH/c1-9(2)6-12(4,8-13)14-11(15)10(3)7-16-5;/h9-10H,6-8,13H2,1-5H3,(H,14,15);1H. The molecule has 0 saturated heterocycles. The van der Waals surface area contributed by atoms with Crippen molar-refractivity contribution in [2.75, 3.05) is 18.6 Å². The zero-order valence-corrected chi connectivity index (χ0v) is 13.2. The molecule has 0 bridgehead atoms. The third-order valence-corrected chi connectivity index (χ3v) is 3.43. The molecule has 0 heterocycles. The van der Waals surface area contributed by atoms with Crippen LogP contribution in [0.25, 0.3) is 0 Å². The lowest BCUT2D eigenvalue weighted by atomic mass is 9.90. The molecule has 0 rings (SSSR count). The molecule has 2 unspecified atom stereocenters. The van der Waals surface area contributed by atoms with Gasteiger partial charge in [-0.1, -0.05) is 20.8 Å². The molecule has 0 aromatic heterocycles. The second-order valence-corrected chi connectivity index (χ2v) is 6.12. The maximum Gasteiger partial charge on any atom is 0.224 e. The molecule has 2 atom stereocenters. The summed E-state index contributed by atoms with van der Waals surface area (Å²) in [6.07, 6.45) is 2.93. The summed E-state index contributed by atoms with van der Waals surface area (Å²) >= 11 is 1.69. The summed E-state index contributed by atoms with van der Waals surface area (Å²) in [5.41, 5.74) is 5.49. The van der Waals surface area contributed by atoms with Gasteiger partial charge in [-0.05, 0) is 25.5 Å². The molecule has 0 aromatic carbocycles. The molecule has 0 aliphatic heterocycles. The van der Waals surface area contributed by atoms with Crippen molar-refractivity contribution in [3.63, 3.8) is 0 Å². The van der Waals surface area contributed by atoms with Crippen LogP contribution >= 0.6 is 24.2 Å². The number of hydrogen-bond donors (Lipinski definition) is 2. The Morgan fingerprint density at radius 1 is 1.41 bits per heavy atom. The molecule has 5 heteroatoms. The highest BCUT2D eigenvalue weighted by Gasteiger charge is 2.27. The fourth-order valence-electron chi connectivity index (χ4n) is 1.83. The highest BCUT2D eigenvalue weighted by Crippen LogP contribution is 2.16. The first-order chi connectivity index (χ1) is 7.34. The lowest BCUT2D eigenvalue weighted by Gasteiger charge is -2.32. The van der Waals surface area contributed by atoms with E-state index >= 15 is 0 Å². The Morgan fingerprint density at radius 2 is 1.94 bits per heavy atom. The Hall–Kier alpha value is 0.0700. The van der Waals surface area contributed by atoms with Crippen molar-refractivity contribution < 1.29 is 4.79 Å². The molecule has 0 aliphatic rings. The smallest absolute Gasteiger partial charge is 0.224 e. The average molecular weight is 283 g/mol. The number of hydrogen-bond acceptors (Lipinski definition) is 3. The summed E-state index contributed by atoms with van der Waals surface area (Å²) in [5.74, 6) is 1.55. The Balaban J connectivity index is 0. The number of carbonyl (C=O) groups is 1. The number of carbonyl (C=O) groups excluding carboxylic acids is 1. The molecule has 104 valence electrons. The minimum Gasteiger partial charge on any atom is -0.349 e. The van der Waals surface area contributed by atoms with E-state index in [-0.39, 0.29) is 29.8 Å². The number of thioether (sulfide) groups is 1. The fourth-order valence-corrected chi connectivity index (χ4v) is 2.48. The van der Waals surface area contributed by atoms with E-state index in [0.717, 1.165) is 12.2 Å². The van der Waals surface area contributed by atoms with Gasteiger partial charge in [0.15, 0.2) is 0 Å². The maximum absolute atomic E-state index is 11.9. The summed E-state index contributed by atoms with van der Waals surface area (Å²) < 4.78 is 0. The first kappa shape index (κ1) is 19.4. The van der Waals surface area contributed by atoms with E-state index < -0.39 is 0 Å². The Labute approximate surface area is 116 Å². The summed E-state index contributed by atoms with van der Waals surface area (Å²) in [5, 5.41) is 3.08. The van der Waals surface area contributed by atoms with E-state index in [1.165, 1.54) is 0 Å². The van der Waals surface area contributed by atoms with Gasteiger partial charge in [-0.3, -0.25) is 4.79 Å². The van der Waals surface area contributed by atoms with Crippen molar-refractivity contribution in [1.82, 2.24) is 5.32 Å². The molecule has 3 N–H and O–H groups in total. The summed E-state index contributed by atoms with van der Waals surface area (Å²) in [6.45, 7) is 8.76. The van der Waals surface area contributed by atoms with Crippen molar-refractivity contribution in [2.24, 2.45) is 17.6 Å². The number of amides is 1. The molecular formula is C12H27ClN2OS. The van der Waals surface area contributed by atoms with E-state index in [1.807, 2.05) is 20.1 Å². The predicted octanol–water partition coefficient (Wildman–Crippen LogP) is 2.29. The van der Waals surface area contributed by atoms with Crippen LogP contribution in [0.2, 0.25) is 0 Å². The van der Waals surface area contributed by atoms with Crippen LogP contribution in [0.3, 0.4) is 0 Å². The predicted molar refractivity (Wildman–Crippen MR) is 79.9 cm³/mol. The van der Waals surface area contributed by atoms with Crippen LogP contribution in [0, 0.1) is 11.8 Å². The van der Waals surface area contributed by atoms with Crippen molar-refractivity contribution >= 4 is 30.1 Å². The molecule has 0 fully saturated rings. The zero-order valence-electron chi connectivity index (χ0n) is 11.6. The van der Waals surface area contributed by atoms with Crippen LogP contribution in [0.15, 0.2) is 0 Å². The van der Waals surface area contributed by atoms with Gasteiger partial charge in [0.1, 0.15) is 0 Å². The van der Waals surface area contributed by atoms with Gasteiger partial charge in [-0.25, -0.2) is 0 Å². The molecule has 0 spiro atoms. The summed E-state index contributed by atoms with van der Waals surface area (Å²) in [7, 11) is 0. The number of rotatable bonds is 7. The van der Waals surface area contributed by atoms with Crippen molar-refractivity contribution in [1.29, 1.82) is 0 Å². The number of halogens is 1. The fraction of sp³-hybridized carbons (Fsp3) is 0.917. The van der Waals surface area contributed by atoms with Crippen molar-refractivity contribution in [3.05, 3.63) is 0 Å². The van der Waals surface area contributed by atoms with Gasteiger partial charge in [0.05, 0.1) is 0 Å². The van der Waals surface area contributed by atoms with E-state index in [9.17, 15) is 4.79 Å². The van der Waals surface area contributed by atoms with Gasteiger partial charge in [0.2, 0.25) is 5.91 Å². The van der Waals surface area contributed by atoms with Crippen LogP contribution in [-0.2, 0) is 4.79 Å². The highest BCUT2D eigenvalue weighted by atomic mass is 35.5.